The van der Waals surface area contributed by atoms with Crippen LogP contribution in [0.15, 0.2) is 34.5 Å². The molecule has 0 saturated carbocycles. The largest absolute Gasteiger partial charge is 0.294 e. The SMILES string of the molecule is O=C1CCCC2=C1C(c1ccc(F)c(Cl)c1)C1SCCC1=N2. The van der Waals surface area contributed by atoms with E-state index < -0.39 is 5.82 Å². The van der Waals surface area contributed by atoms with Crippen LogP contribution < -0.4 is 0 Å². The van der Waals surface area contributed by atoms with Crippen LogP contribution in [0.3, 0.4) is 0 Å². The lowest BCUT2D eigenvalue weighted by Gasteiger charge is -2.33. The number of ketones is 1. The maximum absolute atomic E-state index is 13.5. The monoisotopic (exact) mass is 335 g/mol. The van der Waals surface area contributed by atoms with Crippen LogP contribution in [0.5, 0.6) is 0 Å². The van der Waals surface area contributed by atoms with Crippen LogP contribution in [0.25, 0.3) is 0 Å². The number of halogens is 2. The maximum atomic E-state index is 13.5. The summed E-state index contributed by atoms with van der Waals surface area (Å²) in [4.78, 5) is 17.3. The minimum absolute atomic E-state index is 0.0269. The Morgan fingerprint density at radius 1 is 1.27 bits per heavy atom. The summed E-state index contributed by atoms with van der Waals surface area (Å²) >= 11 is 7.82. The molecule has 0 amide bonds. The first kappa shape index (κ1) is 14.5. The van der Waals surface area contributed by atoms with Crippen LogP contribution in [0.4, 0.5) is 4.39 Å². The molecule has 0 radical (unpaired) electrons. The van der Waals surface area contributed by atoms with Crippen molar-refractivity contribution in [1.82, 2.24) is 0 Å². The third kappa shape index (κ3) is 2.24. The summed E-state index contributed by atoms with van der Waals surface area (Å²) in [6.45, 7) is 0. The van der Waals surface area contributed by atoms with Gasteiger partial charge in [0.15, 0.2) is 5.78 Å². The second-order valence-corrected chi connectivity index (χ2v) is 7.59. The number of allylic oxidation sites excluding steroid dienone is 2. The topological polar surface area (TPSA) is 29.4 Å². The summed E-state index contributed by atoms with van der Waals surface area (Å²) in [5.41, 5.74) is 3.91. The average molecular weight is 336 g/mol. The van der Waals surface area contributed by atoms with Crippen molar-refractivity contribution in [2.75, 3.05) is 5.75 Å². The summed E-state index contributed by atoms with van der Waals surface area (Å²) in [7, 11) is 0. The predicted octanol–water partition coefficient (Wildman–Crippen LogP) is 4.53. The van der Waals surface area contributed by atoms with Gasteiger partial charge in [-0.25, -0.2) is 4.39 Å². The molecule has 1 fully saturated rings. The van der Waals surface area contributed by atoms with E-state index >= 15 is 0 Å². The predicted molar refractivity (Wildman–Crippen MR) is 88.3 cm³/mol. The Morgan fingerprint density at radius 2 is 2.14 bits per heavy atom. The maximum Gasteiger partial charge on any atom is 0.161 e. The van der Waals surface area contributed by atoms with Gasteiger partial charge in [-0.05, 0) is 42.7 Å². The third-order valence-corrected chi connectivity index (χ3v) is 6.24. The van der Waals surface area contributed by atoms with Crippen LogP contribution in [-0.2, 0) is 4.79 Å². The lowest BCUT2D eigenvalue weighted by molar-refractivity contribution is -0.116. The fourth-order valence-electron chi connectivity index (χ4n) is 3.62. The highest BCUT2D eigenvalue weighted by Crippen LogP contribution is 2.47. The van der Waals surface area contributed by atoms with Crippen LogP contribution in [0.1, 0.15) is 37.2 Å². The number of fused-ring (bicyclic) bond motifs is 1. The number of hydrogen-bond donors (Lipinski definition) is 0. The van der Waals surface area contributed by atoms with Crippen LogP contribution in [0.2, 0.25) is 5.02 Å². The van der Waals surface area contributed by atoms with Gasteiger partial charge in [-0.15, -0.1) is 0 Å². The van der Waals surface area contributed by atoms with E-state index in [-0.39, 0.29) is 22.0 Å². The van der Waals surface area contributed by atoms with Gasteiger partial charge in [0.25, 0.3) is 0 Å². The lowest BCUT2D eigenvalue weighted by Crippen LogP contribution is -2.32. The van der Waals surface area contributed by atoms with Gasteiger partial charge in [0.2, 0.25) is 0 Å². The second kappa shape index (κ2) is 5.50. The Bertz CT molecular complexity index is 727. The van der Waals surface area contributed by atoms with Crippen molar-refractivity contribution in [3.8, 4) is 0 Å². The molecule has 0 N–H and O–H groups in total. The zero-order chi connectivity index (χ0) is 15.3. The molecular weight excluding hydrogens is 321 g/mol. The van der Waals surface area contributed by atoms with Crippen LogP contribution in [-0.4, -0.2) is 22.5 Å². The number of Topliss-reactive ketones (excluding diaryl/α,β-unsaturated/α-hetero) is 1. The molecule has 2 atom stereocenters. The van der Waals surface area contributed by atoms with Crippen molar-refractivity contribution in [1.29, 1.82) is 0 Å². The highest BCUT2D eigenvalue weighted by atomic mass is 35.5. The van der Waals surface area contributed by atoms with Gasteiger partial charge >= 0.3 is 0 Å². The zero-order valence-electron chi connectivity index (χ0n) is 11.9. The Kier molecular flexibility index (Phi) is 3.61. The molecule has 2 aliphatic heterocycles. The van der Waals surface area contributed by atoms with Gasteiger partial charge in [0.1, 0.15) is 5.82 Å². The molecule has 1 aliphatic carbocycles. The Labute approximate surface area is 137 Å². The summed E-state index contributed by atoms with van der Waals surface area (Å²) in [5, 5.41) is 0.317. The number of carbonyl (C=O) groups excluding carboxylic acids is 1. The van der Waals surface area contributed by atoms with Crippen LogP contribution >= 0.6 is 23.4 Å². The van der Waals surface area contributed by atoms with Gasteiger partial charge in [-0.1, -0.05) is 17.7 Å². The van der Waals surface area contributed by atoms with E-state index in [2.05, 4.69) is 0 Å². The van der Waals surface area contributed by atoms with Gasteiger partial charge in [-0.2, -0.15) is 11.8 Å². The number of aliphatic imine (C=N–C) groups is 1. The van der Waals surface area contributed by atoms with Crippen molar-refractivity contribution in [3.05, 3.63) is 45.9 Å². The first-order valence-corrected chi connectivity index (χ1v) is 8.98. The molecule has 0 spiro atoms. The molecule has 2 heterocycles. The van der Waals surface area contributed by atoms with Crippen molar-refractivity contribution < 1.29 is 9.18 Å². The number of carbonyl (C=O) groups is 1. The molecule has 0 bridgehead atoms. The lowest BCUT2D eigenvalue weighted by atomic mass is 9.77. The first-order chi connectivity index (χ1) is 10.6. The molecule has 4 rings (SSSR count). The Morgan fingerprint density at radius 3 is 2.95 bits per heavy atom. The molecule has 2 unspecified atom stereocenters. The van der Waals surface area contributed by atoms with Crippen molar-refractivity contribution in [2.45, 2.75) is 36.9 Å². The summed E-state index contributed by atoms with van der Waals surface area (Å²) in [6.07, 6.45) is 3.31. The summed E-state index contributed by atoms with van der Waals surface area (Å²) in [5.74, 6) is 0.783. The van der Waals surface area contributed by atoms with Crippen molar-refractivity contribution in [2.24, 2.45) is 4.99 Å². The molecule has 5 heteroatoms. The van der Waals surface area contributed by atoms with Crippen LogP contribution in [0, 0.1) is 5.82 Å². The highest BCUT2D eigenvalue weighted by Gasteiger charge is 2.42. The standard InChI is InChI=1S/C17H15ClFNOS/c18-10-8-9(4-5-11(10)19)15-16-12(2-1-3-14(16)21)20-13-6-7-22-17(13)15/h4-5,8,15,17H,1-3,6-7H2. The molecule has 1 saturated heterocycles. The van der Waals surface area contributed by atoms with Gasteiger partial charge < -0.3 is 0 Å². The number of hydrogen-bond acceptors (Lipinski definition) is 3. The summed E-state index contributed by atoms with van der Waals surface area (Å²) < 4.78 is 13.5. The fourth-order valence-corrected chi connectivity index (χ4v) is 5.24. The number of thioether (sulfide) groups is 1. The summed E-state index contributed by atoms with van der Waals surface area (Å²) in [6, 6.07) is 4.84. The molecular formula is C17H15ClFNOS. The van der Waals surface area contributed by atoms with Crippen molar-refractivity contribution >= 4 is 34.9 Å². The minimum Gasteiger partial charge on any atom is -0.294 e. The van der Waals surface area contributed by atoms with E-state index in [0.29, 0.717) is 6.42 Å². The zero-order valence-corrected chi connectivity index (χ0v) is 13.5. The molecule has 1 aromatic rings. The quantitative estimate of drug-likeness (QED) is 0.754. The normalized spacial score (nSPS) is 27.5. The minimum atomic E-state index is -0.418. The number of rotatable bonds is 1. The molecule has 114 valence electrons. The van der Waals surface area contributed by atoms with E-state index in [9.17, 15) is 9.18 Å². The molecule has 0 aromatic heterocycles. The average Bonchev–Trinajstić information content (AvgIpc) is 2.96. The van der Waals surface area contributed by atoms with E-state index in [4.69, 9.17) is 16.6 Å². The molecule has 1 aromatic carbocycles. The number of nitrogens with zero attached hydrogens (tertiary/aromatic N) is 1. The van der Waals surface area contributed by atoms with Gasteiger partial charge in [-0.3, -0.25) is 9.79 Å². The fraction of sp³-hybridized carbons (Fsp3) is 0.412. The van der Waals surface area contributed by atoms with Gasteiger partial charge in [0.05, 0.1) is 10.3 Å². The highest BCUT2D eigenvalue weighted by molar-refractivity contribution is 8.01. The molecule has 22 heavy (non-hydrogen) atoms. The number of benzene rings is 1. The van der Waals surface area contributed by atoms with E-state index in [1.54, 1.807) is 12.1 Å². The molecule has 3 aliphatic rings. The second-order valence-electron chi connectivity index (χ2n) is 5.93. The van der Waals surface area contributed by atoms with E-state index in [1.807, 2.05) is 11.8 Å². The Hall–Kier alpha value is -1.13. The first-order valence-electron chi connectivity index (χ1n) is 7.55. The smallest absolute Gasteiger partial charge is 0.161 e. The Balaban J connectivity index is 1.87. The van der Waals surface area contributed by atoms with Gasteiger partial charge in [0, 0.05) is 29.3 Å². The van der Waals surface area contributed by atoms with Crippen molar-refractivity contribution in [3.63, 3.8) is 0 Å². The molecule has 2 nitrogen and oxygen atoms in total. The van der Waals surface area contributed by atoms with E-state index in [1.165, 1.54) is 11.8 Å². The van der Waals surface area contributed by atoms with E-state index in [0.717, 1.165) is 41.8 Å². The third-order valence-electron chi connectivity index (χ3n) is 4.61.